The molecule has 0 bridgehead atoms. The Labute approximate surface area is 153 Å². The number of sulfonamides is 1. The molecule has 2 rings (SSSR count). The van der Waals surface area contributed by atoms with Crippen LogP contribution in [0.25, 0.3) is 0 Å². The fraction of sp³-hybridized carbons (Fsp3) is 0.688. The van der Waals surface area contributed by atoms with E-state index in [1.807, 2.05) is 6.92 Å². The SMILES string of the molecule is CCCS(=O)(=O)N1CCN(CCNC(=O)Cc2nc[nH]c(=O)c2C)CC1. The summed E-state index contributed by atoms with van der Waals surface area (Å²) in [5, 5.41) is 2.82. The minimum Gasteiger partial charge on any atom is -0.354 e. The van der Waals surface area contributed by atoms with Gasteiger partial charge in [-0.25, -0.2) is 13.4 Å². The predicted octanol–water partition coefficient (Wildman–Crippen LogP) is -0.906. The van der Waals surface area contributed by atoms with Gasteiger partial charge in [-0.1, -0.05) is 6.92 Å². The normalized spacial score (nSPS) is 16.5. The summed E-state index contributed by atoms with van der Waals surface area (Å²) >= 11 is 0. The van der Waals surface area contributed by atoms with E-state index in [0.717, 1.165) is 0 Å². The molecule has 2 heterocycles. The molecule has 146 valence electrons. The Morgan fingerprint density at radius 1 is 1.31 bits per heavy atom. The second-order valence-electron chi connectivity index (χ2n) is 6.39. The summed E-state index contributed by atoms with van der Waals surface area (Å²) in [5.74, 6) is 0.00843. The molecule has 26 heavy (non-hydrogen) atoms. The first-order valence-corrected chi connectivity index (χ1v) is 10.4. The van der Waals surface area contributed by atoms with Crippen molar-refractivity contribution in [2.45, 2.75) is 26.7 Å². The van der Waals surface area contributed by atoms with Crippen LogP contribution in [0.1, 0.15) is 24.6 Å². The van der Waals surface area contributed by atoms with Crippen LogP contribution in [0.4, 0.5) is 0 Å². The quantitative estimate of drug-likeness (QED) is 0.599. The lowest BCUT2D eigenvalue weighted by Gasteiger charge is -2.33. The maximum atomic E-state index is 12.0. The largest absolute Gasteiger partial charge is 0.354 e. The first-order chi connectivity index (χ1) is 12.3. The third-order valence-electron chi connectivity index (χ3n) is 4.45. The van der Waals surface area contributed by atoms with Crippen molar-refractivity contribution in [3.8, 4) is 0 Å². The third kappa shape index (κ3) is 5.61. The van der Waals surface area contributed by atoms with Gasteiger partial charge in [0.2, 0.25) is 15.9 Å². The maximum absolute atomic E-state index is 12.0. The zero-order chi connectivity index (χ0) is 19.2. The number of carbonyl (C=O) groups excluding carboxylic acids is 1. The lowest BCUT2D eigenvalue weighted by molar-refractivity contribution is -0.120. The summed E-state index contributed by atoms with van der Waals surface area (Å²) in [6.45, 7) is 6.94. The van der Waals surface area contributed by atoms with E-state index < -0.39 is 10.0 Å². The molecular formula is C16H27N5O4S. The van der Waals surface area contributed by atoms with Crippen molar-refractivity contribution >= 4 is 15.9 Å². The van der Waals surface area contributed by atoms with Gasteiger partial charge >= 0.3 is 0 Å². The van der Waals surface area contributed by atoms with Crippen molar-refractivity contribution in [2.24, 2.45) is 0 Å². The average Bonchev–Trinajstić information content (AvgIpc) is 2.59. The Bertz CT molecular complexity index is 769. The Kier molecular flexibility index (Phi) is 7.30. The van der Waals surface area contributed by atoms with Crippen LogP contribution in [-0.4, -0.2) is 78.5 Å². The van der Waals surface area contributed by atoms with E-state index in [0.29, 0.717) is 56.9 Å². The zero-order valence-corrected chi connectivity index (χ0v) is 16.1. The molecule has 9 nitrogen and oxygen atoms in total. The van der Waals surface area contributed by atoms with Gasteiger partial charge in [0.1, 0.15) is 0 Å². The molecule has 0 atom stereocenters. The molecule has 0 radical (unpaired) electrons. The fourth-order valence-electron chi connectivity index (χ4n) is 2.87. The summed E-state index contributed by atoms with van der Waals surface area (Å²) in [6, 6.07) is 0. The summed E-state index contributed by atoms with van der Waals surface area (Å²) in [5.41, 5.74) is 0.687. The molecule has 0 aliphatic carbocycles. The van der Waals surface area contributed by atoms with Gasteiger partial charge in [-0.05, 0) is 13.3 Å². The molecule has 1 aliphatic heterocycles. The summed E-state index contributed by atoms with van der Waals surface area (Å²) in [7, 11) is -3.13. The monoisotopic (exact) mass is 385 g/mol. The lowest BCUT2D eigenvalue weighted by atomic mass is 10.2. The molecule has 10 heteroatoms. The highest BCUT2D eigenvalue weighted by molar-refractivity contribution is 7.89. The minimum absolute atomic E-state index is 0.0682. The highest BCUT2D eigenvalue weighted by Crippen LogP contribution is 2.08. The summed E-state index contributed by atoms with van der Waals surface area (Å²) in [6.07, 6.45) is 1.99. The Balaban J connectivity index is 1.71. The smallest absolute Gasteiger partial charge is 0.253 e. The van der Waals surface area contributed by atoms with Gasteiger partial charge in [0.05, 0.1) is 24.2 Å². The molecule has 0 spiro atoms. The molecule has 1 amide bonds. The minimum atomic E-state index is -3.13. The molecule has 2 N–H and O–H groups in total. The number of aromatic amines is 1. The molecule has 1 fully saturated rings. The van der Waals surface area contributed by atoms with Gasteiger partial charge in [0, 0.05) is 44.8 Å². The molecule has 0 aromatic carbocycles. The second kappa shape index (κ2) is 9.24. The standard InChI is InChI=1S/C16H27N5O4S/c1-3-10-26(24,25)21-8-6-20(7-9-21)5-4-17-15(22)11-14-13(2)16(23)19-12-18-14/h12H,3-11H2,1-2H3,(H,17,22)(H,18,19,23). The van der Waals surface area contributed by atoms with Gasteiger partial charge in [-0.3, -0.25) is 14.5 Å². The van der Waals surface area contributed by atoms with Gasteiger partial charge < -0.3 is 10.3 Å². The first kappa shape index (κ1) is 20.5. The third-order valence-corrected chi connectivity index (χ3v) is 6.53. The molecular weight excluding hydrogens is 358 g/mol. The van der Waals surface area contributed by atoms with E-state index >= 15 is 0 Å². The molecule has 0 unspecified atom stereocenters. The van der Waals surface area contributed by atoms with E-state index in [-0.39, 0.29) is 23.6 Å². The highest BCUT2D eigenvalue weighted by atomic mass is 32.2. The fourth-order valence-corrected chi connectivity index (χ4v) is 4.36. The van der Waals surface area contributed by atoms with Crippen LogP contribution in [0.5, 0.6) is 0 Å². The van der Waals surface area contributed by atoms with Gasteiger partial charge in [0.15, 0.2) is 0 Å². The molecule has 1 aromatic rings. The predicted molar refractivity (Wildman–Crippen MR) is 98.4 cm³/mol. The van der Waals surface area contributed by atoms with Gasteiger partial charge in [-0.2, -0.15) is 4.31 Å². The Morgan fingerprint density at radius 3 is 2.65 bits per heavy atom. The van der Waals surface area contributed by atoms with E-state index in [9.17, 15) is 18.0 Å². The van der Waals surface area contributed by atoms with Crippen LogP contribution < -0.4 is 10.9 Å². The summed E-state index contributed by atoms with van der Waals surface area (Å²) in [4.78, 5) is 32.1. The number of rotatable bonds is 8. The van der Waals surface area contributed by atoms with Crippen LogP contribution in [0.15, 0.2) is 11.1 Å². The van der Waals surface area contributed by atoms with E-state index in [4.69, 9.17) is 0 Å². The van der Waals surface area contributed by atoms with Crippen LogP contribution in [0, 0.1) is 6.92 Å². The van der Waals surface area contributed by atoms with Crippen molar-refractivity contribution < 1.29 is 13.2 Å². The van der Waals surface area contributed by atoms with Crippen LogP contribution in [0.3, 0.4) is 0 Å². The lowest BCUT2D eigenvalue weighted by Crippen LogP contribution is -2.50. The van der Waals surface area contributed by atoms with Crippen molar-refractivity contribution in [3.05, 3.63) is 27.9 Å². The van der Waals surface area contributed by atoms with E-state index in [2.05, 4.69) is 20.2 Å². The maximum Gasteiger partial charge on any atom is 0.253 e. The topological polar surface area (TPSA) is 115 Å². The Morgan fingerprint density at radius 2 is 2.00 bits per heavy atom. The molecule has 1 saturated heterocycles. The van der Waals surface area contributed by atoms with Crippen molar-refractivity contribution in [1.29, 1.82) is 0 Å². The van der Waals surface area contributed by atoms with Crippen LogP contribution >= 0.6 is 0 Å². The average molecular weight is 385 g/mol. The highest BCUT2D eigenvalue weighted by Gasteiger charge is 2.25. The number of hydrogen-bond donors (Lipinski definition) is 2. The number of H-pyrrole nitrogens is 1. The van der Waals surface area contributed by atoms with E-state index in [1.165, 1.54) is 6.33 Å². The van der Waals surface area contributed by atoms with Gasteiger partial charge in [0.25, 0.3) is 5.56 Å². The Hall–Kier alpha value is -1.78. The summed E-state index contributed by atoms with van der Waals surface area (Å²) < 4.78 is 25.6. The first-order valence-electron chi connectivity index (χ1n) is 8.83. The number of hydrogen-bond acceptors (Lipinski definition) is 6. The number of amides is 1. The number of piperazine rings is 1. The zero-order valence-electron chi connectivity index (χ0n) is 15.3. The number of carbonyl (C=O) groups is 1. The molecule has 0 saturated carbocycles. The number of nitrogens with one attached hydrogen (secondary N) is 2. The van der Waals surface area contributed by atoms with Crippen LogP contribution in [-0.2, 0) is 21.2 Å². The van der Waals surface area contributed by atoms with Crippen molar-refractivity contribution in [1.82, 2.24) is 24.5 Å². The number of nitrogens with zero attached hydrogens (tertiary/aromatic N) is 3. The second-order valence-corrected chi connectivity index (χ2v) is 8.48. The van der Waals surface area contributed by atoms with E-state index in [1.54, 1.807) is 11.2 Å². The molecule has 1 aromatic heterocycles. The van der Waals surface area contributed by atoms with Crippen molar-refractivity contribution in [3.63, 3.8) is 0 Å². The number of aromatic nitrogens is 2. The van der Waals surface area contributed by atoms with Crippen LogP contribution in [0.2, 0.25) is 0 Å². The molecule has 1 aliphatic rings. The van der Waals surface area contributed by atoms with Crippen molar-refractivity contribution in [2.75, 3.05) is 45.0 Å². The van der Waals surface area contributed by atoms with Gasteiger partial charge in [-0.15, -0.1) is 0 Å².